The zero-order valence-corrected chi connectivity index (χ0v) is 9.46. The second kappa shape index (κ2) is 4.61. The fourth-order valence-corrected chi connectivity index (χ4v) is 1.61. The summed E-state index contributed by atoms with van der Waals surface area (Å²) < 4.78 is 18.1. The average Bonchev–Trinajstić information content (AvgIpc) is 2.67. The summed E-state index contributed by atoms with van der Waals surface area (Å²) in [5, 5.41) is 0. The molecule has 3 nitrogen and oxygen atoms in total. The van der Waals surface area contributed by atoms with Gasteiger partial charge in [-0.2, -0.15) is 0 Å². The van der Waals surface area contributed by atoms with Gasteiger partial charge in [0.1, 0.15) is 11.6 Å². The summed E-state index contributed by atoms with van der Waals surface area (Å²) in [4.78, 5) is 7.49. The lowest BCUT2D eigenvalue weighted by molar-refractivity contribution is 0.111. The Morgan fingerprint density at radius 2 is 2.31 bits per heavy atom. The summed E-state index contributed by atoms with van der Waals surface area (Å²) in [6.45, 7) is 2.02. The third-order valence-corrected chi connectivity index (χ3v) is 2.68. The molecule has 0 spiro atoms. The van der Waals surface area contributed by atoms with Gasteiger partial charge < -0.3 is 9.72 Å². The van der Waals surface area contributed by atoms with Gasteiger partial charge in [0.05, 0.1) is 17.1 Å². The van der Waals surface area contributed by atoms with E-state index in [0.717, 1.165) is 29.7 Å². The molecule has 1 N–H and O–H groups in total. The summed E-state index contributed by atoms with van der Waals surface area (Å²) in [5.74, 6) is 0.637. The highest BCUT2D eigenvalue weighted by atomic mass is 19.1. The van der Waals surface area contributed by atoms with Crippen LogP contribution >= 0.6 is 0 Å². The lowest BCUT2D eigenvalue weighted by Crippen LogP contribution is -2.06. The maximum atomic E-state index is 12.9. The number of fused-ring (bicyclic) bond motifs is 1. The Labute approximate surface area is 93.6 Å². The van der Waals surface area contributed by atoms with Gasteiger partial charge in [0.25, 0.3) is 0 Å². The van der Waals surface area contributed by atoms with Crippen LogP contribution in [0.3, 0.4) is 0 Å². The number of halogens is 1. The van der Waals surface area contributed by atoms with E-state index in [0.29, 0.717) is 0 Å². The predicted octanol–water partition coefficient (Wildman–Crippen LogP) is 2.67. The fraction of sp³-hybridized carbons (Fsp3) is 0.417. The number of hydrogen-bond acceptors (Lipinski definition) is 2. The number of methoxy groups -OCH3 is 1. The van der Waals surface area contributed by atoms with Crippen LogP contribution in [-0.2, 0) is 11.2 Å². The molecule has 0 saturated heterocycles. The molecule has 86 valence electrons. The monoisotopic (exact) mass is 222 g/mol. The van der Waals surface area contributed by atoms with Crippen molar-refractivity contribution < 1.29 is 9.13 Å². The zero-order valence-electron chi connectivity index (χ0n) is 9.46. The van der Waals surface area contributed by atoms with E-state index in [1.807, 2.05) is 6.92 Å². The van der Waals surface area contributed by atoms with Crippen LogP contribution in [0.1, 0.15) is 19.2 Å². The Balaban J connectivity index is 2.13. The molecule has 0 aliphatic heterocycles. The molecule has 0 aliphatic rings. The molecule has 0 amide bonds. The highest BCUT2D eigenvalue weighted by Gasteiger charge is 2.06. The normalized spacial score (nSPS) is 13.2. The molecule has 1 unspecified atom stereocenters. The number of aromatic amines is 1. The van der Waals surface area contributed by atoms with E-state index >= 15 is 0 Å². The van der Waals surface area contributed by atoms with E-state index in [9.17, 15) is 4.39 Å². The maximum absolute atomic E-state index is 12.9. The molecular weight excluding hydrogens is 207 g/mol. The number of ether oxygens (including phenoxy) is 1. The number of rotatable bonds is 4. The molecular formula is C12H15FN2O. The van der Waals surface area contributed by atoms with Crippen LogP contribution in [0.2, 0.25) is 0 Å². The third kappa shape index (κ3) is 2.39. The van der Waals surface area contributed by atoms with Crippen LogP contribution in [0.5, 0.6) is 0 Å². The van der Waals surface area contributed by atoms with E-state index in [2.05, 4.69) is 9.97 Å². The van der Waals surface area contributed by atoms with Crippen molar-refractivity contribution in [2.45, 2.75) is 25.9 Å². The molecule has 0 fully saturated rings. The Morgan fingerprint density at radius 1 is 1.50 bits per heavy atom. The van der Waals surface area contributed by atoms with Gasteiger partial charge in [-0.3, -0.25) is 0 Å². The molecule has 1 atom stereocenters. The van der Waals surface area contributed by atoms with Crippen LogP contribution in [0.15, 0.2) is 18.2 Å². The van der Waals surface area contributed by atoms with E-state index < -0.39 is 0 Å². The Bertz CT molecular complexity index is 481. The van der Waals surface area contributed by atoms with Crippen molar-refractivity contribution in [3.05, 3.63) is 29.8 Å². The second-order valence-corrected chi connectivity index (χ2v) is 3.93. The van der Waals surface area contributed by atoms with Gasteiger partial charge in [-0.15, -0.1) is 0 Å². The minimum atomic E-state index is -0.243. The van der Waals surface area contributed by atoms with Crippen molar-refractivity contribution in [1.29, 1.82) is 0 Å². The van der Waals surface area contributed by atoms with E-state index in [1.54, 1.807) is 13.2 Å². The van der Waals surface area contributed by atoms with E-state index in [4.69, 9.17) is 4.74 Å². The number of nitrogens with zero attached hydrogens (tertiary/aromatic N) is 1. The van der Waals surface area contributed by atoms with Crippen molar-refractivity contribution in [2.75, 3.05) is 7.11 Å². The largest absolute Gasteiger partial charge is 0.382 e. The topological polar surface area (TPSA) is 37.9 Å². The molecule has 4 heteroatoms. The number of hydrogen-bond donors (Lipinski definition) is 1. The first-order valence-corrected chi connectivity index (χ1v) is 5.36. The highest BCUT2D eigenvalue weighted by Crippen LogP contribution is 2.14. The van der Waals surface area contributed by atoms with Gasteiger partial charge in [0.2, 0.25) is 0 Å². The van der Waals surface area contributed by atoms with E-state index in [1.165, 1.54) is 12.1 Å². The molecule has 0 saturated carbocycles. The first-order valence-electron chi connectivity index (χ1n) is 5.36. The number of H-pyrrole nitrogens is 1. The SMILES string of the molecule is COC(C)CCc1nc2ccc(F)cc2[nH]1. The zero-order chi connectivity index (χ0) is 11.5. The smallest absolute Gasteiger partial charge is 0.125 e. The third-order valence-electron chi connectivity index (χ3n) is 2.68. The maximum Gasteiger partial charge on any atom is 0.125 e. The summed E-state index contributed by atoms with van der Waals surface area (Å²) in [6, 6.07) is 4.57. The Morgan fingerprint density at radius 3 is 3.06 bits per heavy atom. The highest BCUT2D eigenvalue weighted by molar-refractivity contribution is 5.74. The molecule has 2 rings (SSSR count). The minimum Gasteiger partial charge on any atom is -0.382 e. The second-order valence-electron chi connectivity index (χ2n) is 3.93. The van der Waals surface area contributed by atoms with Crippen molar-refractivity contribution in [3.8, 4) is 0 Å². The molecule has 0 aliphatic carbocycles. The predicted molar refractivity (Wildman–Crippen MR) is 60.8 cm³/mol. The molecule has 2 aromatic rings. The standard InChI is InChI=1S/C12H15FN2O/c1-8(16-2)3-6-12-14-10-5-4-9(13)7-11(10)15-12/h4-5,7-8H,3,6H2,1-2H3,(H,14,15). The van der Waals surface area contributed by atoms with Crippen LogP contribution in [0.25, 0.3) is 11.0 Å². The van der Waals surface area contributed by atoms with Crippen LogP contribution < -0.4 is 0 Å². The van der Waals surface area contributed by atoms with Crippen molar-refractivity contribution in [1.82, 2.24) is 9.97 Å². The van der Waals surface area contributed by atoms with Crippen LogP contribution in [-0.4, -0.2) is 23.2 Å². The number of imidazole rings is 1. The minimum absolute atomic E-state index is 0.213. The number of aryl methyl sites for hydroxylation is 1. The molecule has 0 radical (unpaired) electrons. The first-order chi connectivity index (χ1) is 7.69. The molecule has 1 aromatic heterocycles. The average molecular weight is 222 g/mol. The van der Waals surface area contributed by atoms with Gasteiger partial charge in [-0.1, -0.05) is 0 Å². The van der Waals surface area contributed by atoms with E-state index in [-0.39, 0.29) is 11.9 Å². The van der Waals surface area contributed by atoms with Gasteiger partial charge in [-0.05, 0) is 31.5 Å². The Kier molecular flexibility index (Phi) is 3.19. The molecule has 1 heterocycles. The van der Waals surface area contributed by atoms with Crippen molar-refractivity contribution in [3.63, 3.8) is 0 Å². The van der Waals surface area contributed by atoms with Crippen molar-refractivity contribution >= 4 is 11.0 Å². The number of aromatic nitrogens is 2. The quantitative estimate of drug-likeness (QED) is 0.863. The molecule has 0 bridgehead atoms. The number of benzene rings is 1. The first kappa shape index (κ1) is 11.1. The van der Waals surface area contributed by atoms with Gasteiger partial charge in [-0.25, -0.2) is 9.37 Å². The van der Waals surface area contributed by atoms with Gasteiger partial charge in [0.15, 0.2) is 0 Å². The summed E-state index contributed by atoms with van der Waals surface area (Å²) in [6.07, 6.45) is 1.93. The Hall–Kier alpha value is -1.42. The summed E-state index contributed by atoms with van der Waals surface area (Å²) >= 11 is 0. The van der Waals surface area contributed by atoms with Crippen molar-refractivity contribution in [2.24, 2.45) is 0 Å². The van der Waals surface area contributed by atoms with Crippen LogP contribution in [0, 0.1) is 5.82 Å². The fourth-order valence-electron chi connectivity index (χ4n) is 1.61. The lowest BCUT2D eigenvalue weighted by Gasteiger charge is -2.06. The van der Waals surface area contributed by atoms with Gasteiger partial charge in [0, 0.05) is 13.5 Å². The van der Waals surface area contributed by atoms with Crippen LogP contribution in [0.4, 0.5) is 4.39 Å². The summed E-state index contributed by atoms with van der Waals surface area (Å²) in [5.41, 5.74) is 1.56. The number of nitrogens with one attached hydrogen (secondary N) is 1. The summed E-state index contributed by atoms with van der Waals surface area (Å²) in [7, 11) is 1.69. The lowest BCUT2D eigenvalue weighted by atomic mass is 10.2. The molecule has 1 aromatic carbocycles. The van der Waals surface area contributed by atoms with Gasteiger partial charge >= 0.3 is 0 Å². The molecule has 16 heavy (non-hydrogen) atoms.